The predicted octanol–water partition coefficient (Wildman–Crippen LogP) is 1.50. The van der Waals surface area contributed by atoms with E-state index in [9.17, 15) is 18.5 Å². The van der Waals surface area contributed by atoms with E-state index in [4.69, 9.17) is 10.5 Å². The summed E-state index contributed by atoms with van der Waals surface area (Å²) in [5, 5.41) is 10.7. The number of nitrogens with zero attached hydrogens (tertiary/aromatic N) is 2. The van der Waals surface area contributed by atoms with Crippen LogP contribution in [0.3, 0.4) is 0 Å². The van der Waals surface area contributed by atoms with Crippen LogP contribution in [0.25, 0.3) is 0 Å². The zero-order valence-corrected chi connectivity index (χ0v) is 14.7. The molecule has 0 aromatic heterocycles. The second-order valence-electron chi connectivity index (χ2n) is 6.71. The maximum atomic E-state index is 12.9. The number of nitro benzene ring substituents is 1. The number of ether oxygens (including phenoxy) is 1. The molecular weight excluding hydrogens is 346 g/mol. The van der Waals surface area contributed by atoms with Gasteiger partial charge in [-0.25, -0.2) is 8.42 Å². The standard InChI is InChI=1S/C16H23N3O5S/c17-13-7-9-24-16(10-13)12-2-1-8-18(11-12)25(22,23)15-5-3-14(4-6-15)19(20)21/h3-6,12-13,16H,1-2,7-11,17H2. The third-order valence-electron chi connectivity index (χ3n) is 4.99. The summed E-state index contributed by atoms with van der Waals surface area (Å²) in [5.41, 5.74) is 5.89. The van der Waals surface area contributed by atoms with E-state index >= 15 is 0 Å². The molecule has 3 unspecified atom stereocenters. The van der Waals surface area contributed by atoms with Gasteiger partial charge in [-0.15, -0.1) is 0 Å². The minimum Gasteiger partial charge on any atom is -0.378 e. The lowest BCUT2D eigenvalue weighted by Gasteiger charge is -2.39. The topological polar surface area (TPSA) is 116 Å². The number of nitrogens with two attached hydrogens (primary N) is 1. The molecule has 9 heteroatoms. The Hall–Kier alpha value is -1.55. The molecule has 2 N–H and O–H groups in total. The van der Waals surface area contributed by atoms with Gasteiger partial charge in [0.05, 0.1) is 15.9 Å². The Morgan fingerprint density at radius 2 is 1.96 bits per heavy atom. The molecule has 1 aromatic carbocycles. The lowest BCUT2D eigenvalue weighted by atomic mass is 9.88. The van der Waals surface area contributed by atoms with Crippen LogP contribution in [0.2, 0.25) is 0 Å². The molecule has 2 fully saturated rings. The summed E-state index contributed by atoms with van der Waals surface area (Å²) in [4.78, 5) is 10.3. The van der Waals surface area contributed by atoms with Gasteiger partial charge in [0.15, 0.2) is 0 Å². The Kier molecular flexibility index (Phi) is 5.38. The van der Waals surface area contributed by atoms with Crippen LogP contribution in [0.1, 0.15) is 25.7 Å². The molecule has 0 bridgehead atoms. The highest BCUT2D eigenvalue weighted by Crippen LogP contribution is 2.30. The van der Waals surface area contributed by atoms with Crippen molar-refractivity contribution in [1.29, 1.82) is 0 Å². The van der Waals surface area contributed by atoms with Crippen LogP contribution >= 0.6 is 0 Å². The van der Waals surface area contributed by atoms with Crippen LogP contribution < -0.4 is 5.73 Å². The minimum atomic E-state index is -3.67. The Bertz CT molecular complexity index is 722. The van der Waals surface area contributed by atoms with Gasteiger partial charge in [-0.05, 0) is 43.7 Å². The van der Waals surface area contributed by atoms with E-state index < -0.39 is 14.9 Å². The van der Waals surface area contributed by atoms with Crippen LogP contribution in [0.15, 0.2) is 29.2 Å². The molecule has 2 aliphatic rings. The summed E-state index contributed by atoms with van der Waals surface area (Å²) in [6.45, 7) is 1.47. The minimum absolute atomic E-state index is 0.00129. The normalized spacial score (nSPS) is 28.6. The largest absolute Gasteiger partial charge is 0.378 e. The molecule has 3 rings (SSSR count). The van der Waals surface area contributed by atoms with Gasteiger partial charge < -0.3 is 10.5 Å². The van der Waals surface area contributed by atoms with Crippen LogP contribution in [0.4, 0.5) is 5.69 Å². The number of hydrogen-bond donors (Lipinski definition) is 1. The lowest BCUT2D eigenvalue weighted by Crippen LogP contribution is -2.47. The molecule has 0 spiro atoms. The first-order chi connectivity index (χ1) is 11.9. The van der Waals surface area contributed by atoms with E-state index in [1.165, 1.54) is 28.6 Å². The number of benzene rings is 1. The average molecular weight is 369 g/mol. The predicted molar refractivity (Wildman–Crippen MR) is 91.5 cm³/mol. The summed E-state index contributed by atoms with van der Waals surface area (Å²) in [6.07, 6.45) is 3.29. The van der Waals surface area contributed by atoms with Gasteiger partial charge in [-0.3, -0.25) is 10.1 Å². The van der Waals surface area contributed by atoms with Crippen molar-refractivity contribution >= 4 is 15.7 Å². The first kappa shape index (κ1) is 18.2. The van der Waals surface area contributed by atoms with Crippen LogP contribution in [-0.4, -0.2) is 49.5 Å². The molecule has 1 aromatic rings. The molecular formula is C16H23N3O5S. The van der Waals surface area contributed by atoms with E-state index in [0.717, 1.165) is 25.7 Å². The lowest BCUT2D eigenvalue weighted by molar-refractivity contribution is -0.384. The van der Waals surface area contributed by atoms with Crippen molar-refractivity contribution in [3.05, 3.63) is 34.4 Å². The highest BCUT2D eigenvalue weighted by molar-refractivity contribution is 7.89. The molecule has 0 saturated carbocycles. The van der Waals surface area contributed by atoms with Gasteiger partial charge in [-0.2, -0.15) is 4.31 Å². The summed E-state index contributed by atoms with van der Waals surface area (Å²) < 4.78 is 33.0. The fourth-order valence-electron chi connectivity index (χ4n) is 3.57. The van der Waals surface area contributed by atoms with Crippen molar-refractivity contribution in [2.45, 2.75) is 42.7 Å². The summed E-state index contributed by atoms with van der Waals surface area (Å²) >= 11 is 0. The van der Waals surface area contributed by atoms with E-state index in [-0.39, 0.29) is 28.6 Å². The zero-order valence-electron chi connectivity index (χ0n) is 13.9. The maximum absolute atomic E-state index is 12.9. The molecule has 3 atom stereocenters. The number of nitro groups is 1. The van der Waals surface area contributed by atoms with Gasteiger partial charge in [0.1, 0.15) is 0 Å². The molecule has 2 saturated heterocycles. The zero-order chi connectivity index (χ0) is 18.0. The smallest absolute Gasteiger partial charge is 0.269 e. The van der Waals surface area contributed by atoms with Crippen LogP contribution in [0.5, 0.6) is 0 Å². The van der Waals surface area contributed by atoms with E-state index in [1.807, 2.05) is 0 Å². The summed E-state index contributed by atoms with van der Waals surface area (Å²) in [5.74, 6) is 0.132. The second-order valence-corrected chi connectivity index (χ2v) is 8.65. The fraction of sp³-hybridized carbons (Fsp3) is 0.625. The van der Waals surface area contributed by atoms with Gasteiger partial charge >= 0.3 is 0 Å². The number of hydrogen-bond acceptors (Lipinski definition) is 6. The molecule has 25 heavy (non-hydrogen) atoms. The van der Waals surface area contributed by atoms with E-state index in [0.29, 0.717) is 19.7 Å². The van der Waals surface area contributed by atoms with Crippen LogP contribution in [0, 0.1) is 16.0 Å². The van der Waals surface area contributed by atoms with Crippen molar-refractivity contribution in [1.82, 2.24) is 4.31 Å². The number of piperidine rings is 1. The number of non-ortho nitro benzene ring substituents is 1. The third-order valence-corrected chi connectivity index (χ3v) is 6.87. The number of sulfonamides is 1. The molecule has 0 aliphatic carbocycles. The quantitative estimate of drug-likeness (QED) is 0.635. The molecule has 0 amide bonds. The Morgan fingerprint density at radius 3 is 2.60 bits per heavy atom. The third kappa shape index (κ3) is 4.00. The van der Waals surface area contributed by atoms with Crippen molar-refractivity contribution in [3.8, 4) is 0 Å². The van der Waals surface area contributed by atoms with Crippen molar-refractivity contribution in [2.75, 3.05) is 19.7 Å². The Morgan fingerprint density at radius 1 is 1.24 bits per heavy atom. The summed E-state index contributed by atoms with van der Waals surface area (Å²) in [6, 6.07) is 5.14. The van der Waals surface area contributed by atoms with Gasteiger partial charge in [0.25, 0.3) is 5.69 Å². The van der Waals surface area contributed by atoms with Crippen molar-refractivity contribution < 1.29 is 18.1 Å². The maximum Gasteiger partial charge on any atom is 0.269 e. The van der Waals surface area contributed by atoms with Crippen molar-refractivity contribution in [2.24, 2.45) is 11.7 Å². The van der Waals surface area contributed by atoms with Gasteiger partial charge in [0.2, 0.25) is 10.0 Å². The second kappa shape index (κ2) is 7.36. The SMILES string of the molecule is NC1CCOC(C2CCCN(S(=O)(=O)c3ccc([N+](=O)[O-])cc3)C2)C1. The monoisotopic (exact) mass is 369 g/mol. The molecule has 138 valence electrons. The molecule has 8 nitrogen and oxygen atoms in total. The first-order valence-corrected chi connectivity index (χ1v) is 9.93. The average Bonchev–Trinajstić information content (AvgIpc) is 2.62. The van der Waals surface area contributed by atoms with Crippen molar-refractivity contribution in [3.63, 3.8) is 0 Å². The van der Waals surface area contributed by atoms with Gasteiger partial charge in [0, 0.05) is 37.9 Å². The Labute approximate surface area is 147 Å². The summed E-state index contributed by atoms with van der Waals surface area (Å²) in [7, 11) is -3.67. The van der Waals surface area contributed by atoms with E-state index in [2.05, 4.69) is 0 Å². The van der Waals surface area contributed by atoms with Crippen LogP contribution in [-0.2, 0) is 14.8 Å². The first-order valence-electron chi connectivity index (χ1n) is 8.49. The van der Waals surface area contributed by atoms with Gasteiger partial charge in [-0.1, -0.05) is 0 Å². The highest BCUT2D eigenvalue weighted by Gasteiger charge is 2.36. The van der Waals surface area contributed by atoms with E-state index in [1.54, 1.807) is 0 Å². The molecule has 2 aliphatic heterocycles. The fourth-order valence-corrected chi connectivity index (χ4v) is 5.10. The number of rotatable bonds is 4. The Balaban J connectivity index is 1.74. The highest BCUT2D eigenvalue weighted by atomic mass is 32.2. The molecule has 2 heterocycles. The molecule has 0 radical (unpaired) electrons.